The number of anilines is 1. The maximum absolute atomic E-state index is 11.1. The predicted molar refractivity (Wildman–Crippen MR) is 61.0 cm³/mol. The number of fused-ring (bicyclic) bond motifs is 1. The molecule has 0 saturated carbocycles. The Labute approximate surface area is 94.2 Å². The number of carboxylic acid groups (broad SMARTS) is 1. The third-order valence-electron chi connectivity index (χ3n) is 3.09. The van der Waals surface area contributed by atoms with Crippen molar-refractivity contribution < 1.29 is 14.6 Å². The average molecular weight is 221 g/mol. The van der Waals surface area contributed by atoms with Gasteiger partial charge in [-0.05, 0) is 43.5 Å². The molecule has 1 atom stereocenters. The normalized spacial score (nSPS) is 23.1. The highest BCUT2D eigenvalue weighted by Crippen LogP contribution is 2.33. The lowest BCUT2D eigenvalue weighted by Crippen LogP contribution is -2.46. The first-order chi connectivity index (χ1) is 7.55. The highest BCUT2D eigenvalue weighted by molar-refractivity contribution is 5.83. The van der Waals surface area contributed by atoms with Gasteiger partial charge in [0.2, 0.25) is 0 Å². The highest BCUT2D eigenvalue weighted by atomic mass is 16.5. The Morgan fingerprint density at radius 3 is 2.94 bits per heavy atom. The molecule has 0 aliphatic carbocycles. The summed E-state index contributed by atoms with van der Waals surface area (Å²) in [7, 11) is 1.62. The van der Waals surface area contributed by atoms with Gasteiger partial charge in [-0.3, -0.25) is 0 Å². The van der Waals surface area contributed by atoms with Crippen molar-refractivity contribution in [1.29, 1.82) is 0 Å². The smallest absolute Gasteiger partial charge is 0.329 e. The van der Waals surface area contributed by atoms with Crippen LogP contribution in [0.4, 0.5) is 5.69 Å². The van der Waals surface area contributed by atoms with Crippen LogP contribution >= 0.6 is 0 Å². The van der Waals surface area contributed by atoms with Gasteiger partial charge in [-0.1, -0.05) is 0 Å². The third-order valence-corrected chi connectivity index (χ3v) is 3.09. The summed E-state index contributed by atoms with van der Waals surface area (Å²) < 4.78 is 5.14. The first-order valence-corrected chi connectivity index (χ1v) is 5.24. The first kappa shape index (κ1) is 10.8. The van der Waals surface area contributed by atoms with Crippen LogP contribution in [0, 0.1) is 0 Å². The van der Waals surface area contributed by atoms with Crippen LogP contribution in [0.5, 0.6) is 5.75 Å². The number of aliphatic carboxylic acids is 1. The van der Waals surface area contributed by atoms with Gasteiger partial charge < -0.3 is 15.2 Å². The summed E-state index contributed by atoms with van der Waals surface area (Å²) >= 11 is 0. The zero-order valence-corrected chi connectivity index (χ0v) is 9.41. The Morgan fingerprint density at radius 2 is 2.31 bits per heavy atom. The minimum atomic E-state index is -0.860. The van der Waals surface area contributed by atoms with Gasteiger partial charge in [0.1, 0.15) is 11.3 Å². The molecule has 0 bridgehead atoms. The lowest BCUT2D eigenvalue weighted by atomic mass is 9.88. The summed E-state index contributed by atoms with van der Waals surface area (Å²) in [6.07, 6.45) is 1.34. The number of methoxy groups -OCH3 is 1. The lowest BCUT2D eigenvalue weighted by molar-refractivity contribution is -0.142. The predicted octanol–water partition coefficient (Wildman–Crippen LogP) is 1.90. The quantitative estimate of drug-likeness (QED) is 0.800. The van der Waals surface area contributed by atoms with Crippen molar-refractivity contribution in [3.8, 4) is 5.75 Å². The van der Waals surface area contributed by atoms with E-state index >= 15 is 0 Å². The summed E-state index contributed by atoms with van der Waals surface area (Å²) in [5.74, 6) is -0.00607. The molecule has 1 aromatic carbocycles. The Balaban J connectivity index is 2.32. The van der Waals surface area contributed by atoms with Crippen LogP contribution in [0.2, 0.25) is 0 Å². The molecule has 4 heteroatoms. The minimum absolute atomic E-state index is 0.586. The van der Waals surface area contributed by atoms with Gasteiger partial charge in [0.15, 0.2) is 0 Å². The number of hydrogen-bond acceptors (Lipinski definition) is 3. The zero-order chi connectivity index (χ0) is 11.8. The molecule has 0 radical (unpaired) electrons. The first-order valence-electron chi connectivity index (χ1n) is 5.24. The van der Waals surface area contributed by atoms with Crippen LogP contribution in [0.3, 0.4) is 0 Å². The van der Waals surface area contributed by atoms with E-state index in [9.17, 15) is 4.79 Å². The van der Waals surface area contributed by atoms with E-state index in [1.54, 1.807) is 14.0 Å². The van der Waals surface area contributed by atoms with Crippen LogP contribution in [0.1, 0.15) is 18.9 Å². The van der Waals surface area contributed by atoms with Crippen molar-refractivity contribution in [3.05, 3.63) is 23.8 Å². The molecule has 1 aliphatic rings. The lowest BCUT2D eigenvalue weighted by Gasteiger charge is -2.33. The van der Waals surface area contributed by atoms with Gasteiger partial charge >= 0.3 is 5.97 Å². The number of hydrogen-bond donors (Lipinski definition) is 2. The molecule has 0 aromatic heterocycles. The topological polar surface area (TPSA) is 58.6 Å². The van der Waals surface area contributed by atoms with Gasteiger partial charge in [-0.25, -0.2) is 4.79 Å². The summed E-state index contributed by atoms with van der Waals surface area (Å²) in [6.45, 7) is 1.71. The van der Waals surface area contributed by atoms with Gasteiger partial charge in [0, 0.05) is 5.69 Å². The number of carboxylic acids is 1. The van der Waals surface area contributed by atoms with Crippen molar-refractivity contribution in [2.45, 2.75) is 25.3 Å². The van der Waals surface area contributed by atoms with E-state index in [2.05, 4.69) is 5.32 Å². The van der Waals surface area contributed by atoms with Gasteiger partial charge in [0.05, 0.1) is 7.11 Å². The second-order valence-electron chi connectivity index (χ2n) is 4.29. The molecular formula is C12H15NO3. The van der Waals surface area contributed by atoms with Crippen molar-refractivity contribution in [2.75, 3.05) is 12.4 Å². The number of aryl methyl sites for hydroxylation is 1. The standard InChI is InChI=1S/C12H15NO3/c1-12(11(14)15)6-5-8-7-9(16-2)3-4-10(8)13-12/h3-4,7,13H,5-6H2,1-2H3,(H,14,15). The molecule has 0 saturated heterocycles. The number of nitrogens with one attached hydrogen (secondary N) is 1. The molecule has 2 rings (SSSR count). The van der Waals surface area contributed by atoms with E-state index < -0.39 is 11.5 Å². The zero-order valence-electron chi connectivity index (χ0n) is 9.41. The molecule has 1 unspecified atom stereocenters. The Morgan fingerprint density at radius 1 is 1.56 bits per heavy atom. The largest absolute Gasteiger partial charge is 0.497 e. The Kier molecular flexibility index (Phi) is 2.50. The van der Waals surface area contributed by atoms with Crippen LogP contribution in [0.15, 0.2) is 18.2 Å². The van der Waals surface area contributed by atoms with Crippen molar-refractivity contribution in [2.24, 2.45) is 0 Å². The molecule has 0 fully saturated rings. The molecule has 86 valence electrons. The fourth-order valence-corrected chi connectivity index (χ4v) is 1.93. The fourth-order valence-electron chi connectivity index (χ4n) is 1.93. The molecule has 1 heterocycles. The number of rotatable bonds is 2. The van der Waals surface area contributed by atoms with E-state index in [-0.39, 0.29) is 0 Å². The van der Waals surface area contributed by atoms with E-state index in [1.807, 2.05) is 18.2 Å². The number of benzene rings is 1. The summed E-state index contributed by atoms with van der Waals surface area (Å²) in [4.78, 5) is 11.1. The van der Waals surface area contributed by atoms with E-state index in [0.717, 1.165) is 23.4 Å². The van der Waals surface area contributed by atoms with Gasteiger partial charge in [-0.15, -0.1) is 0 Å². The molecule has 0 spiro atoms. The molecule has 1 aliphatic heterocycles. The monoisotopic (exact) mass is 221 g/mol. The maximum Gasteiger partial charge on any atom is 0.329 e. The molecule has 2 N–H and O–H groups in total. The molecule has 16 heavy (non-hydrogen) atoms. The van der Waals surface area contributed by atoms with Crippen LogP contribution in [-0.2, 0) is 11.2 Å². The summed E-state index contributed by atoms with van der Waals surface area (Å²) in [5.41, 5.74) is 1.14. The van der Waals surface area contributed by atoms with Crippen LogP contribution in [-0.4, -0.2) is 23.7 Å². The van der Waals surface area contributed by atoms with Crippen molar-refractivity contribution in [3.63, 3.8) is 0 Å². The molecule has 1 aromatic rings. The van der Waals surface area contributed by atoms with E-state index in [4.69, 9.17) is 9.84 Å². The van der Waals surface area contributed by atoms with Gasteiger partial charge in [0.25, 0.3) is 0 Å². The van der Waals surface area contributed by atoms with Gasteiger partial charge in [-0.2, -0.15) is 0 Å². The molecule has 0 amide bonds. The van der Waals surface area contributed by atoms with Crippen LogP contribution < -0.4 is 10.1 Å². The Bertz CT molecular complexity index is 430. The van der Waals surface area contributed by atoms with Crippen molar-refractivity contribution in [1.82, 2.24) is 0 Å². The summed E-state index contributed by atoms with van der Waals surface area (Å²) in [5, 5.41) is 12.2. The van der Waals surface area contributed by atoms with E-state index in [1.165, 1.54) is 0 Å². The highest BCUT2D eigenvalue weighted by Gasteiger charge is 2.36. The Hall–Kier alpha value is -1.71. The minimum Gasteiger partial charge on any atom is -0.497 e. The average Bonchev–Trinajstić information content (AvgIpc) is 2.28. The molecular weight excluding hydrogens is 206 g/mol. The summed E-state index contributed by atoms with van der Waals surface area (Å²) in [6, 6.07) is 5.65. The second-order valence-corrected chi connectivity index (χ2v) is 4.29. The maximum atomic E-state index is 11.1. The van der Waals surface area contributed by atoms with Crippen molar-refractivity contribution >= 4 is 11.7 Å². The fraction of sp³-hybridized carbons (Fsp3) is 0.417. The second kappa shape index (κ2) is 3.70. The SMILES string of the molecule is COc1ccc2c(c1)CCC(C)(C(=O)O)N2. The molecule has 4 nitrogen and oxygen atoms in total. The third kappa shape index (κ3) is 1.71. The number of carbonyl (C=O) groups is 1. The van der Waals surface area contributed by atoms with Crippen LogP contribution in [0.25, 0.3) is 0 Å². The number of ether oxygens (including phenoxy) is 1. The van der Waals surface area contributed by atoms with E-state index in [0.29, 0.717) is 6.42 Å².